The van der Waals surface area contributed by atoms with Crippen LogP contribution in [0.4, 0.5) is 5.69 Å². The van der Waals surface area contributed by atoms with Crippen molar-refractivity contribution in [3.05, 3.63) is 99.0 Å². The molecule has 3 rings (SSSR count). The lowest BCUT2D eigenvalue weighted by atomic mass is 10.1. The van der Waals surface area contributed by atoms with E-state index >= 15 is 0 Å². The predicted octanol–water partition coefficient (Wildman–Crippen LogP) is 4.40. The van der Waals surface area contributed by atoms with Crippen LogP contribution in [0, 0.1) is 10.5 Å². The Kier molecular flexibility index (Phi) is 6.54. The standard InChI is InChI=1S/C22H18IN3O2/c1-15-4-6-17(7-5-15)21(27)26-20(13-16-3-2-12-24-14-16)22(28)25-19-10-8-18(23)9-11-19/h2-14H,1H3,(H,25,28)(H,26,27). The Hall–Kier alpha value is -3.00. The third-order valence-electron chi connectivity index (χ3n) is 3.90. The molecule has 2 aromatic carbocycles. The average Bonchev–Trinajstić information content (AvgIpc) is 2.70. The van der Waals surface area contributed by atoms with Crippen molar-refractivity contribution in [3.63, 3.8) is 0 Å². The third kappa shape index (κ3) is 5.50. The van der Waals surface area contributed by atoms with E-state index in [0.717, 1.165) is 9.13 Å². The maximum atomic E-state index is 12.8. The molecule has 0 atom stereocenters. The molecule has 0 saturated heterocycles. The summed E-state index contributed by atoms with van der Waals surface area (Å²) in [6, 6.07) is 18.1. The number of aromatic nitrogens is 1. The van der Waals surface area contributed by atoms with Crippen molar-refractivity contribution in [1.82, 2.24) is 10.3 Å². The van der Waals surface area contributed by atoms with Crippen LogP contribution in [0.3, 0.4) is 0 Å². The number of halogens is 1. The third-order valence-corrected chi connectivity index (χ3v) is 4.62. The second-order valence-corrected chi connectivity index (χ2v) is 7.37. The lowest BCUT2D eigenvalue weighted by Crippen LogP contribution is -2.30. The molecule has 0 radical (unpaired) electrons. The van der Waals surface area contributed by atoms with Gasteiger partial charge in [-0.15, -0.1) is 0 Å². The number of benzene rings is 2. The highest BCUT2D eigenvalue weighted by Crippen LogP contribution is 2.13. The lowest BCUT2D eigenvalue weighted by Gasteiger charge is -2.11. The Morgan fingerprint density at radius 2 is 1.71 bits per heavy atom. The van der Waals surface area contributed by atoms with Gasteiger partial charge in [-0.2, -0.15) is 0 Å². The van der Waals surface area contributed by atoms with E-state index in [-0.39, 0.29) is 11.6 Å². The van der Waals surface area contributed by atoms with Crippen LogP contribution < -0.4 is 10.6 Å². The maximum absolute atomic E-state index is 12.8. The van der Waals surface area contributed by atoms with Gasteiger partial charge in [-0.05, 0) is 83.6 Å². The number of amides is 2. The van der Waals surface area contributed by atoms with Gasteiger partial charge in [-0.1, -0.05) is 23.8 Å². The zero-order valence-electron chi connectivity index (χ0n) is 15.1. The van der Waals surface area contributed by atoms with Crippen molar-refractivity contribution in [2.45, 2.75) is 6.92 Å². The zero-order chi connectivity index (χ0) is 19.9. The first-order valence-corrected chi connectivity index (χ1v) is 9.66. The first-order valence-electron chi connectivity index (χ1n) is 8.58. The van der Waals surface area contributed by atoms with Crippen LogP contribution in [-0.2, 0) is 4.79 Å². The summed E-state index contributed by atoms with van der Waals surface area (Å²) in [6.45, 7) is 1.95. The molecule has 140 valence electrons. The monoisotopic (exact) mass is 483 g/mol. The molecule has 0 unspecified atom stereocenters. The number of hydrogen-bond acceptors (Lipinski definition) is 3. The van der Waals surface area contributed by atoms with Gasteiger partial charge in [0.1, 0.15) is 5.70 Å². The zero-order valence-corrected chi connectivity index (χ0v) is 17.3. The summed E-state index contributed by atoms with van der Waals surface area (Å²) in [6.07, 6.45) is 4.87. The van der Waals surface area contributed by atoms with E-state index in [1.54, 1.807) is 36.7 Å². The summed E-state index contributed by atoms with van der Waals surface area (Å²) in [7, 11) is 0. The molecule has 6 heteroatoms. The van der Waals surface area contributed by atoms with Crippen LogP contribution in [0.2, 0.25) is 0 Å². The summed E-state index contributed by atoms with van der Waals surface area (Å²) in [4.78, 5) is 29.5. The summed E-state index contributed by atoms with van der Waals surface area (Å²) in [5, 5.41) is 5.52. The van der Waals surface area contributed by atoms with Gasteiger partial charge in [-0.3, -0.25) is 14.6 Å². The van der Waals surface area contributed by atoms with Crippen molar-refractivity contribution in [1.29, 1.82) is 0 Å². The topological polar surface area (TPSA) is 71.1 Å². The summed E-state index contributed by atoms with van der Waals surface area (Å²) >= 11 is 2.20. The molecule has 0 spiro atoms. The summed E-state index contributed by atoms with van der Waals surface area (Å²) < 4.78 is 1.06. The quantitative estimate of drug-likeness (QED) is 0.418. The van der Waals surface area contributed by atoms with Gasteiger partial charge >= 0.3 is 0 Å². The molecule has 0 saturated carbocycles. The van der Waals surface area contributed by atoms with Gasteiger partial charge in [0.05, 0.1) is 0 Å². The van der Waals surface area contributed by atoms with Crippen LogP contribution >= 0.6 is 22.6 Å². The molecule has 0 fully saturated rings. The van der Waals surface area contributed by atoms with Crippen molar-refractivity contribution in [2.75, 3.05) is 5.32 Å². The van der Waals surface area contributed by atoms with E-state index in [9.17, 15) is 9.59 Å². The predicted molar refractivity (Wildman–Crippen MR) is 119 cm³/mol. The van der Waals surface area contributed by atoms with Crippen LogP contribution in [-0.4, -0.2) is 16.8 Å². The minimum Gasteiger partial charge on any atom is -0.321 e. The molecule has 1 aromatic heterocycles. The first-order chi connectivity index (χ1) is 13.5. The molecular weight excluding hydrogens is 465 g/mol. The van der Waals surface area contributed by atoms with Crippen molar-refractivity contribution in [2.24, 2.45) is 0 Å². The SMILES string of the molecule is Cc1ccc(C(=O)NC(=Cc2cccnc2)C(=O)Nc2ccc(I)cc2)cc1. The second-order valence-electron chi connectivity index (χ2n) is 6.13. The number of carbonyl (C=O) groups is 2. The van der Waals surface area contributed by atoms with Crippen molar-refractivity contribution >= 4 is 46.2 Å². The molecule has 28 heavy (non-hydrogen) atoms. The van der Waals surface area contributed by atoms with Gasteiger partial charge in [0.2, 0.25) is 0 Å². The minimum atomic E-state index is -0.412. The Bertz CT molecular complexity index is 998. The number of carbonyl (C=O) groups excluding carboxylic acids is 2. The molecule has 2 N–H and O–H groups in total. The molecule has 1 heterocycles. The molecular formula is C22H18IN3O2. The number of pyridine rings is 1. The number of nitrogens with one attached hydrogen (secondary N) is 2. The first kappa shape index (κ1) is 19.8. The highest BCUT2D eigenvalue weighted by atomic mass is 127. The smallest absolute Gasteiger partial charge is 0.272 e. The number of hydrogen-bond donors (Lipinski definition) is 2. The Morgan fingerprint density at radius 3 is 2.36 bits per heavy atom. The van der Waals surface area contributed by atoms with Gasteiger partial charge in [-0.25, -0.2) is 0 Å². The minimum absolute atomic E-state index is 0.136. The second kappa shape index (κ2) is 9.27. The highest BCUT2D eigenvalue weighted by molar-refractivity contribution is 14.1. The number of anilines is 1. The van der Waals surface area contributed by atoms with E-state index in [1.165, 1.54) is 0 Å². The van der Waals surface area contributed by atoms with Crippen LogP contribution in [0.15, 0.2) is 78.8 Å². The van der Waals surface area contributed by atoms with E-state index in [2.05, 4.69) is 38.2 Å². The maximum Gasteiger partial charge on any atom is 0.272 e. The Labute approximate surface area is 177 Å². The lowest BCUT2D eigenvalue weighted by molar-refractivity contribution is -0.113. The van der Waals surface area contributed by atoms with E-state index in [0.29, 0.717) is 16.8 Å². The van der Waals surface area contributed by atoms with Gasteiger partial charge in [0.15, 0.2) is 0 Å². The van der Waals surface area contributed by atoms with Crippen LogP contribution in [0.5, 0.6) is 0 Å². The Morgan fingerprint density at radius 1 is 1.00 bits per heavy atom. The fourth-order valence-electron chi connectivity index (χ4n) is 2.42. The normalized spacial score (nSPS) is 11.0. The summed E-state index contributed by atoms with van der Waals surface area (Å²) in [5.74, 6) is -0.765. The fourth-order valence-corrected chi connectivity index (χ4v) is 2.78. The fraction of sp³-hybridized carbons (Fsp3) is 0.0455. The van der Waals surface area contributed by atoms with Gasteiger partial charge in [0, 0.05) is 27.2 Å². The molecule has 3 aromatic rings. The van der Waals surface area contributed by atoms with Crippen molar-refractivity contribution < 1.29 is 9.59 Å². The van der Waals surface area contributed by atoms with E-state index < -0.39 is 5.91 Å². The van der Waals surface area contributed by atoms with Crippen LogP contribution in [0.1, 0.15) is 21.5 Å². The van der Waals surface area contributed by atoms with E-state index in [4.69, 9.17) is 0 Å². The van der Waals surface area contributed by atoms with Crippen LogP contribution in [0.25, 0.3) is 6.08 Å². The number of nitrogens with zero attached hydrogens (tertiary/aromatic N) is 1. The molecule has 0 bridgehead atoms. The average molecular weight is 483 g/mol. The van der Waals surface area contributed by atoms with Gasteiger partial charge in [0.25, 0.3) is 11.8 Å². The molecule has 0 aliphatic rings. The number of rotatable bonds is 5. The largest absolute Gasteiger partial charge is 0.321 e. The molecule has 0 aliphatic carbocycles. The molecule has 0 aliphatic heterocycles. The van der Waals surface area contributed by atoms with Crippen molar-refractivity contribution in [3.8, 4) is 0 Å². The molecule has 2 amide bonds. The van der Waals surface area contributed by atoms with Gasteiger partial charge < -0.3 is 10.6 Å². The highest BCUT2D eigenvalue weighted by Gasteiger charge is 2.15. The Balaban J connectivity index is 1.85. The number of aryl methyl sites for hydroxylation is 1. The van der Waals surface area contributed by atoms with E-state index in [1.807, 2.05) is 49.4 Å². The summed E-state index contributed by atoms with van der Waals surface area (Å²) in [5.41, 5.74) is 3.02. The molecule has 5 nitrogen and oxygen atoms in total.